The summed E-state index contributed by atoms with van der Waals surface area (Å²) < 4.78 is 5.51. The zero-order chi connectivity index (χ0) is 16.8. The third kappa shape index (κ3) is 5.10. The van der Waals surface area contributed by atoms with E-state index in [-0.39, 0.29) is 24.1 Å². The molecule has 0 radical (unpaired) electrons. The van der Waals surface area contributed by atoms with E-state index in [1.54, 1.807) is 14.1 Å². The Bertz CT molecular complexity index is 682. The number of nitrogens with one attached hydrogen (secondary N) is 1. The molecule has 0 saturated heterocycles. The van der Waals surface area contributed by atoms with Crippen molar-refractivity contribution in [2.45, 2.75) is 12.1 Å². The van der Waals surface area contributed by atoms with Crippen LogP contribution in [0.15, 0.2) is 33.9 Å². The maximum Gasteiger partial charge on any atom is 0.277 e. The van der Waals surface area contributed by atoms with E-state index in [4.69, 9.17) is 4.42 Å². The molecule has 2 aromatic rings. The van der Waals surface area contributed by atoms with Gasteiger partial charge < -0.3 is 14.6 Å². The van der Waals surface area contributed by atoms with Gasteiger partial charge in [-0.1, -0.05) is 29.5 Å². The molecule has 0 atom stereocenters. The molecule has 23 heavy (non-hydrogen) atoms. The van der Waals surface area contributed by atoms with Gasteiger partial charge in [0, 0.05) is 19.7 Å². The van der Waals surface area contributed by atoms with Crippen LogP contribution in [0.5, 0.6) is 0 Å². The molecule has 122 valence electrons. The highest BCUT2D eigenvalue weighted by Crippen LogP contribution is 2.23. The molecule has 0 aliphatic heterocycles. The molecule has 2 rings (SSSR count). The van der Waals surface area contributed by atoms with Crippen molar-refractivity contribution in [2.75, 3.05) is 26.4 Å². The second kappa shape index (κ2) is 7.77. The smallest absolute Gasteiger partial charge is 0.277 e. The number of hydrogen-bond acceptors (Lipinski definition) is 6. The van der Waals surface area contributed by atoms with Crippen LogP contribution in [-0.4, -0.2) is 53.3 Å². The molecular formula is C15H18N4O3S. The standard InChI is InChI=1S/C15H18N4O3S/c1-10-4-6-11(7-5-10)14-17-18-15(22-14)23-9-12(20)16-8-13(21)19(2)3/h4-7H,8-9H2,1-3H3,(H,16,20). The van der Waals surface area contributed by atoms with Crippen molar-refractivity contribution in [3.05, 3.63) is 29.8 Å². The van der Waals surface area contributed by atoms with Crippen LogP contribution in [0.2, 0.25) is 0 Å². The molecule has 0 spiro atoms. The van der Waals surface area contributed by atoms with Crippen LogP contribution in [0.3, 0.4) is 0 Å². The van der Waals surface area contributed by atoms with Gasteiger partial charge in [0.1, 0.15) is 0 Å². The van der Waals surface area contributed by atoms with Crippen molar-refractivity contribution in [1.29, 1.82) is 0 Å². The zero-order valence-corrected chi connectivity index (χ0v) is 14.0. The fraction of sp³-hybridized carbons (Fsp3) is 0.333. The maximum atomic E-state index is 11.7. The monoisotopic (exact) mass is 334 g/mol. The van der Waals surface area contributed by atoms with Crippen LogP contribution >= 0.6 is 11.8 Å². The zero-order valence-electron chi connectivity index (χ0n) is 13.2. The Hall–Kier alpha value is -2.35. The van der Waals surface area contributed by atoms with Gasteiger partial charge in [0.2, 0.25) is 17.7 Å². The number of aromatic nitrogens is 2. The minimum Gasteiger partial charge on any atom is -0.411 e. The number of benzene rings is 1. The number of rotatable bonds is 6. The lowest BCUT2D eigenvalue weighted by Crippen LogP contribution is -2.36. The molecule has 1 aromatic heterocycles. The predicted octanol–water partition coefficient (Wildman–Crippen LogP) is 1.34. The Morgan fingerprint density at radius 2 is 1.91 bits per heavy atom. The summed E-state index contributed by atoms with van der Waals surface area (Å²) in [5.74, 6) is 0.0924. The van der Waals surface area contributed by atoms with Gasteiger partial charge in [-0.2, -0.15) is 0 Å². The lowest BCUT2D eigenvalue weighted by Gasteiger charge is -2.10. The first-order valence-corrected chi connectivity index (χ1v) is 7.94. The molecule has 0 fully saturated rings. The highest BCUT2D eigenvalue weighted by Gasteiger charge is 2.12. The minimum atomic E-state index is -0.264. The van der Waals surface area contributed by atoms with E-state index >= 15 is 0 Å². The molecular weight excluding hydrogens is 316 g/mol. The first kappa shape index (κ1) is 17.0. The number of hydrogen-bond donors (Lipinski definition) is 1. The molecule has 1 heterocycles. The summed E-state index contributed by atoms with van der Waals surface area (Å²) in [4.78, 5) is 24.5. The van der Waals surface area contributed by atoms with Crippen LogP contribution in [-0.2, 0) is 9.59 Å². The number of thioether (sulfide) groups is 1. The van der Waals surface area contributed by atoms with Crippen LogP contribution in [0, 0.1) is 6.92 Å². The van der Waals surface area contributed by atoms with Crippen LogP contribution in [0.25, 0.3) is 11.5 Å². The van der Waals surface area contributed by atoms with E-state index in [9.17, 15) is 9.59 Å². The van der Waals surface area contributed by atoms with Crippen molar-refractivity contribution < 1.29 is 14.0 Å². The van der Waals surface area contributed by atoms with E-state index < -0.39 is 0 Å². The van der Waals surface area contributed by atoms with Crippen molar-refractivity contribution in [1.82, 2.24) is 20.4 Å². The lowest BCUT2D eigenvalue weighted by atomic mass is 10.1. The number of carbonyl (C=O) groups is 2. The average Bonchev–Trinajstić information content (AvgIpc) is 3.00. The molecule has 0 aliphatic carbocycles. The summed E-state index contributed by atoms with van der Waals surface area (Å²) in [6.45, 7) is 1.98. The molecule has 0 aliphatic rings. The fourth-order valence-corrected chi connectivity index (χ4v) is 2.18. The van der Waals surface area contributed by atoms with Crippen molar-refractivity contribution >= 4 is 23.6 Å². The maximum absolute atomic E-state index is 11.7. The fourth-order valence-electron chi connectivity index (χ4n) is 1.59. The van der Waals surface area contributed by atoms with Gasteiger partial charge in [0.15, 0.2) is 0 Å². The van der Waals surface area contributed by atoms with E-state index in [1.165, 1.54) is 4.90 Å². The number of aryl methyl sites for hydroxylation is 1. The van der Waals surface area contributed by atoms with Gasteiger partial charge in [0.25, 0.3) is 5.22 Å². The molecule has 0 saturated carbocycles. The Morgan fingerprint density at radius 1 is 1.22 bits per heavy atom. The van der Waals surface area contributed by atoms with Crippen molar-refractivity contribution in [3.8, 4) is 11.5 Å². The molecule has 0 unspecified atom stereocenters. The Labute approximate surface area is 138 Å². The second-order valence-electron chi connectivity index (χ2n) is 5.09. The molecule has 7 nitrogen and oxygen atoms in total. The molecule has 8 heteroatoms. The molecule has 1 aromatic carbocycles. The lowest BCUT2D eigenvalue weighted by molar-refractivity contribution is -0.130. The third-order valence-corrected chi connectivity index (χ3v) is 3.79. The number of likely N-dealkylation sites (N-methyl/N-ethyl adjacent to an activating group) is 1. The summed E-state index contributed by atoms with van der Waals surface area (Å²) in [5, 5.41) is 10.7. The molecule has 1 N–H and O–H groups in total. The van der Waals surface area contributed by atoms with E-state index in [0.29, 0.717) is 11.1 Å². The minimum absolute atomic E-state index is 0.0230. The van der Waals surface area contributed by atoms with Gasteiger partial charge in [-0.3, -0.25) is 9.59 Å². The number of amides is 2. The quantitative estimate of drug-likeness (QED) is 0.802. The Kier molecular flexibility index (Phi) is 5.75. The van der Waals surface area contributed by atoms with E-state index in [0.717, 1.165) is 22.9 Å². The second-order valence-corrected chi connectivity index (χ2v) is 6.02. The molecule has 2 amide bonds. The van der Waals surface area contributed by atoms with Crippen LogP contribution in [0.1, 0.15) is 5.56 Å². The normalized spacial score (nSPS) is 10.4. The van der Waals surface area contributed by atoms with Gasteiger partial charge in [0.05, 0.1) is 12.3 Å². The van der Waals surface area contributed by atoms with Gasteiger partial charge in [-0.25, -0.2) is 0 Å². The van der Waals surface area contributed by atoms with Gasteiger partial charge >= 0.3 is 0 Å². The first-order valence-electron chi connectivity index (χ1n) is 6.96. The highest BCUT2D eigenvalue weighted by atomic mass is 32.2. The average molecular weight is 334 g/mol. The third-order valence-electron chi connectivity index (χ3n) is 2.97. The number of nitrogens with zero attached hydrogens (tertiary/aromatic N) is 3. The largest absolute Gasteiger partial charge is 0.411 e. The summed E-state index contributed by atoms with van der Waals surface area (Å²) in [6, 6.07) is 7.72. The Balaban J connectivity index is 1.84. The van der Waals surface area contributed by atoms with Crippen molar-refractivity contribution in [2.24, 2.45) is 0 Å². The first-order chi connectivity index (χ1) is 11.0. The van der Waals surface area contributed by atoms with E-state index in [1.807, 2.05) is 31.2 Å². The van der Waals surface area contributed by atoms with Crippen LogP contribution < -0.4 is 5.32 Å². The number of carbonyl (C=O) groups excluding carboxylic acids is 2. The topological polar surface area (TPSA) is 88.3 Å². The summed E-state index contributed by atoms with van der Waals surface area (Å²) in [7, 11) is 3.27. The SMILES string of the molecule is Cc1ccc(-c2nnc(SCC(=O)NCC(=O)N(C)C)o2)cc1. The summed E-state index contributed by atoms with van der Waals surface area (Å²) >= 11 is 1.13. The van der Waals surface area contributed by atoms with Gasteiger partial charge in [-0.15, -0.1) is 10.2 Å². The predicted molar refractivity (Wildman–Crippen MR) is 86.9 cm³/mol. The van der Waals surface area contributed by atoms with Gasteiger partial charge in [-0.05, 0) is 19.1 Å². The summed E-state index contributed by atoms with van der Waals surface area (Å²) in [6.07, 6.45) is 0. The van der Waals surface area contributed by atoms with Crippen molar-refractivity contribution in [3.63, 3.8) is 0 Å². The highest BCUT2D eigenvalue weighted by molar-refractivity contribution is 7.99. The Morgan fingerprint density at radius 3 is 2.57 bits per heavy atom. The molecule has 0 bridgehead atoms. The van der Waals surface area contributed by atoms with Crippen LogP contribution in [0.4, 0.5) is 0 Å². The van der Waals surface area contributed by atoms with E-state index in [2.05, 4.69) is 15.5 Å². The summed E-state index contributed by atoms with van der Waals surface area (Å²) in [5.41, 5.74) is 1.97.